The number of hydrogen-bond donors (Lipinski definition) is 2. The fourth-order valence-electron chi connectivity index (χ4n) is 2.24. The minimum absolute atomic E-state index is 0.232. The highest BCUT2D eigenvalue weighted by Crippen LogP contribution is 2.21. The summed E-state index contributed by atoms with van der Waals surface area (Å²) in [6.45, 7) is 6.19. The quantitative estimate of drug-likeness (QED) is 0.780. The van der Waals surface area contributed by atoms with Crippen molar-refractivity contribution in [3.05, 3.63) is 0 Å². The lowest BCUT2D eigenvalue weighted by molar-refractivity contribution is 0.120. The Balaban J connectivity index is 2.65. The molecule has 2 N–H and O–H groups in total. The monoisotopic (exact) mass is 307 g/mol. The van der Waals surface area contributed by atoms with E-state index in [1.807, 2.05) is 18.7 Å². The zero-order valence-corrected chi connectivity index (χ0v) is 13.4. The molecule has 1 saturated heterocycles. The van der Waals surface area contributed by atoms with Crippen molar-refractivity contribution in [1.82, 2.24) is 14.3 Å². The van der Waals surface area contributed by atoms with E-state index in [2.05, 4.69) is 5.32 Å². The Labute approximate surface area is 121 Å². The van der Waals surface area contributed by atoms with Crippen molar-refractivity contribution in [2.45, 2.75) is 45.8 Å². The highest BCUT2D eigenvalue weighted by atomic mass is 32.2. The SMILES string of the molecule is CNC(C)C1CCCN(S(=O)(=O)NC(=O)OC(C)C)C1. The van der Waals surface area contributed by atoms with E-state index in [1.54, 1.807) is 13.8 Å². The third-order valence-corrected chi connectivity index (χ3v) is 4.91. The molecule has 20 heavy (non-hydrogen) atoms. The van der Waals surface area contributed by atoms with Gasteiger partial charge < -0.3 is 10.1 Å². The topological polar surface area (TPSA) is 87.7 Å². The van der Waals surface area contributed by atoms with Crippen LogP contribution in [0.1, 0.15) is 33.6 Å². The van der Waals surface area contributed by atoms with E-state index in [4.69, 9.17) is 4.74 Å². The lowest BCUT2D eigenvalue weighted by atomic mass is 9.93. The van der Waals surface area contributed by atoms with Gasteiger partial charge in [0.15, 0.2) is 0 Å². The normalized spacial score (nSPS) is 22.6. The van der Waals surface area contributed by atoms with Crippen LogP contribution in [0.2, 0.25) is 0 Å². The van der Waals surface area contributed by atoms with Crippen molar-refractivity contribution >= 4 is 16.3 Å². The number of ether oxygens (including phenoxy) is 1. The largest absolute Gasteiger partial charge is 0.446 e. The molecule has 0 aromatic rings. The average Bonchev–Trinajstić information content (AvgIpc) is 2.36. The number of rotatable bonds is 5. The minimum atomic E-state index is -3.82. The van der Waals surface area contributed by atoms with E-state index in [1.165, 1.54) is 4.31 Å². The Morgan fingerprint density at radius 2 is 2.00 bits per heavy atom. The Hall–Kier alpha value is -0.860. The molecule has 118 valence electrons. The minimum Gasteiger partial charge on any atom is -0.446 e. The Morgan fingerprint density at radius 3 is 2.55 bits per heavy atom. The second-order valence-electron chi connectivity index (χ2n) is 5.40. The summed E-state index contributed by atoms with van der Waals surface area (Å²) in [5, 5.41) is 3.14. The second-order valence-corrected chi connectivity index (χ2v) is 7.07. The van der Waals surface area contributed by atoms with E-state index in [0.717, 1.165) is 12.8 Å². The molecular formula is C12H25N3O4S. The first-order chi connectivity index (χ1) is 9.26. The fraction of sp³-hybridized carbons (Fsp3) is 0.917. The summed E-state index contributed by atoms with van der Waals surface area (Å²) in [6, 6.07) is 0.232. The summed E-state index contributed by atoms with van der Waals surface area (Å²) < 4.78 is 32.3. The van der Waals surface area contributed by atoms with Crippen LogP contribution in [-0.4, -0.2) is 51.1 Å². The molecule has 1 aliphatic heterocycles. The van der Waals surface area contributed by atoms with Crippen molar-refractivity contribution in [2.24, 2.45) is 5.92 Å². The maximum absolute atomic E-state index is 12.1. The van der Waals surface area contributed by atoms with Crippen LogP contribution < -0.4 is 10.0 Å². The number of hydrogen-bond acceptors (Lipinski definition) is 5. The predicted octanol–water partition coefficient (Wildman–Crippen LogP) is 0.686. The summed E-state index contributed by atoms with van der Waals surface area (Å²) in [4.78, 5) is 11.4. The van der Waals surface area contributed by atoms with E-state index in [-0.39, 0.29) is 18.1 Å². The molecular weight excluding hydrogens is 282 g/mol. The fourth-order valence-corrected chi connectivity index (χ4v) is 3.39. The molecule has 1 amide bonds. The van der Waals surface area contributed by atoms with Crippen LogP contribution in [0.5, 0.6) is 0 Å². The highest BCUT2D eigenvalue weighted by molar-refractivity contribution is 7.87. The van der Waals surface area contributed by atoms with Gasteiger partial charge in [0.1, 0.15) is 0 Å². The standard InChI is InChI=1S/C12H25N3O4S/c1-9(2)19-12(16)14-20(17,18)15-7-5-6-11(8-15)10(3)13-4/h9-11,13H,5-8H2,1-4H3,(H,14,16). The molecule has 1 fully saturated rings. The van der Waals surface area contributed by atoms with Crippen LogP contribution in [0.3, 0.4) is 0 Å². The maximum atomic E-state index is 12.1. The van der Waals surface area contributed by atoms with Gasteiger partial charge in [-0.3, -0.25) is 0 Å². The van der Waals surface area contributed by atoms with Crippen LogP contribution >= 0.6 is 0 Å². The van der Waals surface area contributed by atoms with Crippen molar-refractivity contribution < 1.29 is 17.9 Å². The second kappa shape index (κ2) is 7.24. The molecule has 2 unspecified atom stereocenters. The summed E-state index contributed by atoms with van der Waals surface area (Å²) in [6.07, 6.45) is 0.480. The van der Waals surface area contributed by atoms with Gasteiger partial charge in [-0.2, -0.15) is 12.7 Å². The molecule has 0 radical (unpaired) electrons. The van der Waals surface area contributed by atoms with E-state index >= 15 is 0 Å². The van der Waals surface area contributed by atoms with Crippen LogP contribution in [-0.2, 0) is 14.9 Å². The summed E-state index contributed by atoms with van der Waals surface area (Å²) in [5.41, 5.74) is 0. The first-order valence-corrected chi connectivity index (χ1v) is 8.36. The van der Waals surface area contributed by atoms with Crippen LogP contribution in [0.4, 0.5) is 4.79 Å². The molecule has 0 aliphatic carbocycles. The molecule has 0 bridgehead atoms. The van der Waals surface area contributed by atoms with Gasteiger partial charge in [0.05, 0.1) is 6.10 Å². The van der Waals surface area contributed by atoms with Gasteiger partial charge in [-0.05, 0) is 46.6 Å². The van der Waals surface area contributed by atoms with Gasteiger partial charge >= 0.3 is 16.3 Å². The van der Waals surface area contributed by atoms with Crippen LogP contribution in [0.15, 0.2) is 0 Å². The number of carbonyl (C=O) groups is 1. The third-order valence-electron chi connectivity index (χ3n) is 3.48. The Bertz CT molecular complexity index is 424. The molecule has 1 aliphatic rings. The van der Waals surface area contributed by atoms with Gasteiger partial charge in [-0.15, -0.1) is 0 Å². The number of carbonyl (C=O) groups excluding carboxylic acids is 1. The van der Waals surface area contributed by atoms with Crippen LogP contribution in [0.25, 0.3) is 0 Å². The molecule has 0 saturated carbocycles. The zero-order chi connectivity index (χ0) is 15.3. The lowest BCUT2D eigenvalue weighted by Gasteiger charge is -2.34. The number of nitrogens with one attached hydrogen (secondary N) is 2. The van der Waals surface area contributed by atoms with E-state index in [0.29, 0.717) is 13.1 Å². The average molecular weight is 307 g/mol. The third kappa shape index (κ3) is 4.92. The molecule has 7 nitrogen and oxygen atoms in total. The smallest absolute Gasteiger partial charge is 0.422 e. The first-order valence-electron chi connectivity index (χ1n) is 6.92. The summed E-state index contributed by atoms with van der Waals surface area (Å²) in [5.74, 6) is 0.242. The maximum Gasteiger partial charge on any atom is 0.422 e. The van der Waals surface area contributed by atoms with Crippen molar-refractivity contribution in [1.29, 1.82) is 0 Å². The molecule has 0 spiro atoms. The van der Waals surface area contributed by atoms with Gasteiger partial charge in [0.25, 0.3) is 0 Å². The van der Waals surface area contributed by atoms with E-state index in [9.17, 15) is 13.2 Å². The van der Waals surface area contributed by atoms with Crippen molar-refractivity contribution in [2.75, 3.05) is 20.1 Å². The van der Waals surface area contributed by atoms with Crippen molar-refractivity contribution in [3.8, 4) is 0 Å². The van der Waals surface area contributed by atoms with Gasteiger partial charge in [0.2, 0.25) is 0 Å². The van der Waals surface area contributed by atoms with Gasteiger partial charge in [-0.25, -0.2) is 9.52 Å². The van der Waals surface area contributed by atoms with Gasteiger partial charge in [-0.1, -0.05) is 0 Å². The summed E-state index contributed by atoms with van der Waals surface area (Å²) in [7, 11) is -1.96. The summed E-state index contributed by atoms with van der Waals surface area (Å²) >= 11 is 0. The van der Waals surface area contributed by atoms with Crippen LogP contribution in [0, 0.1) is 5.92 Å². The molecule has 8 heteroatoms. The van der Waals surface area contributed by atoms with Gasteiger partial charge in [0, 0.05) is 19.1 Å². The molecule has 1 rings (SSSR count). The molecule has 0 aromatic heterocycles. The number of nitrogens with zero attached hydrogens (tertiary/aromatic N) is 1. The first kappa shape index (κ1) is 17.2. The highest BCUT2D eigenvalue weighted by Gasteiger charge is 2.32. The Kier molecular flexibility index (Phi) is 6.22. The Morgan fingerprint density at radius 1 is 1.35 bits per heavy atom. The van der Waals surface area contributed by atoms with Crippen molar-refractivity contribution in [3.63, 3.8) is 0 Å². The number of amides is 1. The lowest BCUT2D eigenvalue weighted by Crippen LogP contribution is -2.50. The molecule has 2 atom stereocenters. The van der Waals surface area contributed by atoms with E-state index < -0.39 is 16.3 Å². The molecule has 0 aromatic carbocycles. The predicted molar refractivity (Wildman–Crippen MR) is 76.5 cm³/mol. The zero-order valence-electron chi connectivity index (χ0n) is 12.5. The number of piperidine rings is 1. The molecule has 1 heterocycles.